The van der Waals surface area contributed by atoms with Gasteiger partial charge < -0.3 is 19.5 Å². The molecular weight excluding hydrogens is 356 g/mol. The van der Waals surface area contributed by atoms with E-state index >= 15 is 0 Å². The maximum absolute atomic E-state index is 12.9. The Morgan fingerprint density at radius 3 is 1.96 bits per heavy atom. The molecule has 0 aromatic heterocycles. The van der Waals surface area contributed by atoms with Crippen molar-refractivity contribution in [2.45, 2.75) is 19.9 Å². The molecular formula is C22H30N2O4. The van der Waals surface area contributed by atoms with Gasteiger partial charge in [0, 0.05) is 6.54 Å². The monoisotopic (exact) mass is 386 g/mol. The van der Waals surface area contributed by atoms with Crippen molar-refractivity contribution in [3.05, 3.63) is 53.6 Å². The highest BCUT2D eigenvalue weighted by atomic mass is 16.5. The normalized spacial score (nSPS) is 11.8. The fourth-order valence-corrected chi connectivity index (χ4v) is 3.30. The summed E-state index contributed by atoms with van der Waals surface area (Å²) in [6, 6.07) is 13.3. The number of carbonyl (C=O) groups is 1. The van der Waals surface area contributed by atoms with Gasteiger partial charge in [-0.25, -0.2) is 0 Å². The number of carbonyl (C=O) groups excluding carboxylic acids is 1. The number of rotatable bonds is 10. The standard InChI is InChI=1S/C22H30N2O4/c1-6-24(7-2)18(16-11-13-17(26-3)14-12-16)15-23-22(25)21-19(27-4)9-8-10-20(21)28-5/h8-14,18H,6-7,15H2,1-5H3,(H,23,25). The second-order valence-electron chi connectivity index (χ2n) is 6.26. The summed E-state index contributed by atoms with van der Waals surface area (Å²) in [5.41, 5.74) is 1.53. The average molecular weight is 386 g/mol. The zero-order chi connectivity index (χ0) is 20.5. The summed E-state index contributed by atoms with van der Waals surface area (Å²) in [4.78, 5) is 15.2. The Hall–Kier alpha value is -2.73. The number of nitrogens with one attached hydrogen (secondary N) is 1. The maximum atomic E-state index is 12.9. The van der Waals surface area contributed by atoms with Crippen LogP contribution in [0.15, 0.2) is 42.5 Å². The molecule has 2 rings (SSSR count). The van der Waals surface area contributed by atoms with Crippen molar-refractivity contribution in [3.63, 3.8) is 0 Å². The van der Waals surface area contributed by atoms with Crippen molar-refractivity contribution in [1.29, 1.82) is 0 Å². The van der Waals surface area contributed by atoms with E-state index in [1.54, 1.807) is 39.5 Å². The summed E-state index contributed by atoms with van der Waals surface area (Å²) in [7, 11) is 4.74. The smallest absolute Gasteiger partial charge is 0.258 e. The predicted octanol–water partition coefficient (Wildman–Crippen LogP) is 3.53. The Labute approximate surface area is 167 Å². The first kappa shape index (κ1) is 21.6. The van der Waals surface area contributed by atoms with Gasteiger partial charge in [0.05, 0.1) is 27.4 Å². The van der Waals surface area contributed by atoms with Crippen LogP contribution in [0.1, 0.15) is 35.8 Å². The molecule has 2 aromatic rings. The third-order valence-corrected chi connectivity index (χ3v) is 4.86. The quantitative estimate of drug-likeness (QED) is 0.677. The lowest BCUT2D eigenvalue weighted by Gasteiger charge is -2.30. The number of amides is 1. The van der Waals surface area contributed by atoms with E-state index < -0.39 is 0 Å². The van der Waals surface area contributed by atoms with Gasteiger partial charge in [0.2, 0.25) is 0 Å². The first-order valence-electron chi connectivity index (χ1n) is 9.46. The lowest BCUT2D eigenvalue weighted by atomic mass is 10.0. The van der Waals surface area contributed by atoms with Gasteiger partial charge in [-0.05, 0) is 42.9 Å². The van der Waals surface area contributed by atoms with Gasteiger partial charge in [-0.15, -0.1) is 0 Å². The Bertz CT molecular complexity index is 735. The van der Waals surface area contributed by atoms with Crippen molar-refractivity contribution >= 4 is 5.91 Å². The lowest BCUT2D eigenvalue weighted by Crippen LogP contribution is -2.38. The average Bonchev–Trinajstić information content (AvgIpc) is 2.75. The number of hydrogen-bond donors (Lipinski definition) is 1. The van der Waals surface area contributed by atoms with E-state index in [-0.39, 0.29) is 11.9 Å². The van der Waals surface area contributed by atoms with E-state index in [0.29, 0.717) is 23.6 Å². The van der Waals surface area contributed by atoms with Crippen LogP contribution in [0.5, 0.6) is 17.2 Å². The van der Waals surface area contributed by atoms with Crippen LogP contribution in [0, 0.1) is 0 Å². The molecule has 28 heavy (non-hydrogen) atoms. The first-order valence-corrected chi connectivity index (χ1v) is 9.46. The molecule has 0 fully saturated rings. The highest BCUT2D eigenvalue weighted by Crippen LogP contribution is 2.28. The molecule has 6 nitrogen and oxygen atoms in total. The highest BCUT2D eigenvalue weighted by Gasteiger charge is 2.22. The van der Waals surface area contributed by atoms with Crippen molar-refractivity contribution in [1.82, 2.24) is 10.2 Å². The lowest BCUT2D eigenvalue weighted by molar-refractivity contribution is 0.0928. The Morgan fingerprint density at radius 1 is 0.929 bits per heavy atom. The third kappa shape index (κ3) is 4.95. The third-order valence-electron chi connectivity index (χ3n) is 4.86. The molecule has 0 aliphatic carbocycles. The number of benzene rings is 2. The topological polar surface area (TPSA) is 60.0 Å². The Morgan fingerprint density at radius 2 is 1.50 bits per heavy atom. The summed E-state index contributed by atoms with van der Waals surface area (Å²) >= 11 is 0. The molecule has 0 saturated heterocycles. The van der Waals surface area contributed by atoms with Crippen LogP contribution in [-0.2, 0) is 0 Å². The number of ether oxygens (including phenoxy) is 3. The van der Waals surface area contributed by atoms with Crippen LogP contribution in [0.2, 0.25) is 0 Å². The number of nitrogens with zero attached hydrogens (tertiary/aromatic N) is 1. The molecule has 0 bridgehead atoms. The predicted molar refractivity (Wildman–Crippen MR) is 111 cm³/mol. The minimum absolute atomic E-state index is 0.0468. The first-order chi connectivity index (χ1) is 13.6. The number of likely N-dealkylation sites (N-methyl/N-ethyl adjacent to an activating group) is 1. The summed E-state index contributed by atoms with van der Waals surface area (Å²) < 4.78 is 16.0. The molecule has 0 saturated carbocycles. The van der Waals surface area contributed by atoms with Crippen LogP contribution >= 0.6 is 0 Å². The molecule has 0 heterocycles. The number of methoxy groups -OCH3 is 3. The minimum Gasteiger partial charge on any atom is -0.497 e. The molecule has 1 amide bonds. The van der Waals surface area contributed by atoms with Crippen LogP contribution in [-0.4, -0.2) is 51.8 Å². The molecule has 0 spiro atoms. The molecule has 0 aliphatic rings. The molecule has 0 radical (unpaired) electrons. The van der Waals surface area contributed by atoms with Gasteiger partial charge in [-0.2, -0.15) is 0 Å². The van der Waals surface area contributed by atoms with Crippen molar-refractivity contribution in [3.8, 4) is 17.2 Å². The van der Waals surface area contributed by atoms with Crippen LogP contribution in [0.25, 0.3) is 0 Å². The SMILES string of the molecule is CCN(CC)C(CNC(=O)c1c(OC)cccc1OC)c1ccc(OC)cc1. The minimum atomic E-state index is -0.222. The molecule has 1 unspecified atom stereocenters. The van der Waals surface area contributed by atoms with Gasteiger partial charge in [0.1, 0.15) is 22.8 Å². The van der Waals surface area contributed by atoms with Crippen LogP contribution in [0.4, 0.5) is 0 Å². The van der Waals surface area contributed by atoms with E-state index in [0.717, 1.165) is 24.4 Å². The van der Waals surface area contributed by atoms with Gasteiger partial charge in [-0.3, -0.25) is 9.69 Å². The summed E-state index contributed by atoms with van der Waals surface area (Å²) in [6.07, 6.45) is 0. The summed E-state index contributed by atoms with van der Waals surface area (Å²) in [6.45, 7) is 6.45. The van der Waals surface area contributed by atoms with Gasteiger partial charge in [0.25, 0.3) is 5.91 Å². The van der Waals surface area contributed by atoms with Crippen LogP contribution in [0.3, 0.4) is 0 Å². The molecule has 1 N–H and O–H groups in total. The highest BCUT2D eigenvalue weighted by molar-refractivity contribution is 5.99. The second kappa shape index (κ2) is 10.6. The molecule has 152 valence electrons. The van der Waals surface area contributed by atoms with E-state index in [9.17, 15) is 4.79 Å². The fourth-order valence-electron chi connectivity index (χ4n) is 3.30. The van der Waals surface area contributed by atoms with Crippen molar-refractivity contribution in [2.75, 3.05) is 41.0 Å². The Kier molecular flexibility index (Phi) is 8.14. The van der Waals surface area contributed by atoms with E-state index in [4.69, 9.17) is 14.2 Å². The number of hydrogen-bond acceptors (Lipinski definition) is 5. The Balaban J connectivity index is 2.24. The summed E-state index contributed by atoms with van der Waals surface area (Å²) in [5, 5.41) is 3.05. The molecule has 0 aliphatic heterocycles. The van der Waals surface area contributed by atoms with Gasteiger partial charge in [-0.1, -0.05) is 32.0 Å². The zero-order valence-corrected chi connectivity index (χ0v) is 17.3. The molecule has 6 heteroatoms. The molecule has 1 atom stereocenters. The summed E-state index contributed by atoms with van der Waals surface area (Å²) in [5.74, 6) is 1.56. The van der Waals surface area contributed by atoms with Crippen molar-refractivity contribution < 1.29 is 19.0 Å². The van der Waals surface area contributed by atoms with Crippen LogP contribution < -0.4 is 19.5 Å². The van der Waals surface area contributed by atoms with E-state index in [1.807, 2.05) is 24.3 Å². The largest absolute Gasteiger partial charge is 0.497 e. The van der Waals surface area contributed by atoms with E-state index in [1.165, 1.54) is 0 Å². The van der Waals surface area contributed by atoms with Crippen molar-refractivity contribution in [2.24, 2.45) is 0 Å². The van der Waals surface area contributed by atoms with Gasteiger partial charge in [0.15, 0.2) is 0 Å². The maximum Gasteiger partial charge on any atom is 0.258 e. The molecule has 2 aromatic carbocycles. The fraction of sp³-hybridized carbons (Fsp3) is 0.409. The zero-order valence-electron chi connectivity index (χ0n) is 17.3. The van der Waals surface area contributed by atoms with Gasteiger partial charge >= 0.3 is 0 Å². The van der Waals surface area contributed by atoms with E-state index in [2.05, 4.69) is 24.1 Å². The second-order valence-corrected chi connectivity index (χ2v) is 6.26.